The zero-order valence-electron chi connectivity index (χ0n) is 12.2. The molecule has 2 rings (SSSR count). The van der Waals surface area contributed by atoms with E-state index in [0.717, 1.165) is 5.69 Å². The molecule has 1 aromatic carbocycles. The Morgan fingerprint density at radius 2 is 2.05 bits per heavy atom. The van der Waals surface area contributed by atoms with Crippen molar-refractivity contribution >= 4 is 17.3 Å². The number of aromatic nitrogens is 1. The second-order valence-electron chi connectivity index (χ2n) is 4.61. The predicted octanol–water partition coefficient (Wildman–Crippen LogP) is 2.31. The van der Waals surface area contributed by atoms with Gasteiger partial charge in [-0.05, 0) is 18.2 Å². The summed E-state index contributed by atoms with van der Waals surface area (Å²) in [5.74, 6) is 0.184. The van der Waals surface area contributed by atoms with E-state index < -0.39 is 5.97 Å². The van der Waals surface area contributed by atoms with E-state index in [1.165, 1.54) is 19.4 Å². The van der Waals surface area contributed by atoms with Crippen LogP contribution in [0.5, 0.6) is 11.6 Å². The molecule has 0 atom stereocenters. The van der Waals surface area contributed by atoms with Crippen LogP contribution < -0.4 is 15.4 Å². The Morgan fingerprint density at radius 1 is 1.29 bits per heavy atom. The second-order valence-corrected chi connectivity index (χ2v) is 4.61. The van der Waals surface area contributed by atoms with E-state index >= 15 is 0 Å². The molecule has 0 radical (unpaired) electrons. The van der Waals surface area contributed by atoms with Gasteiger partial charge in [-0.3, -0.25) is 0 Å². The minimum absolute atomic E-state index is 0.159. The summed E-state index contributed by atoms with van der Waals surface area (Å²) in [6.07, 6.45) is 1.43. The van der Waals surface area contributed by atoms with Crippen LogP contribution in [0.3, 0.4) is 0 Å². The average Bonchev–Trinajstić information content (AvgIpc) is 2.48. The summed E-state index contributed by atoms with van der Waals surface area (Å²) in [5, 5.41) is 0. The lowest BCUT2D eigenvalue weighted by molar-refractivity contribution is 0.0597. The molecule has 0 aliphatic carbocycles. The zero-order valence-corrected chi connectivity index (χ0v) is 12.2. The van der Waals surface area contributed by atoms with Gasteiger partial charge < -0.3 is 20.1 Å². The molecule has 2 aromatic rings. The van der Waals surface area contributed by atoms with E-state index in [0.29, 0.717) is 11.4 Å². The smallest absolute Gasteiger partial charge is 0.343 e. The number of ether oxygens (including phenoxy) is 2. The fraction of sp³-hybridized carbons (Fsp3) is 0.200. The molecule has 0 unspecified atom stereocenters. The van der Waals surface area contributed by atoms with Gasteiger partial charge >= 0.3 is 5.97 Å². The third kappa shape index (κ3) is 3.42. The Balaban J connectivity index is 2.35. The molecule has 0 amide bonds. The van der Waals surface area contributed by atoms with Crippen molar-refractivity contribution in [3.63, 3.8) is 0 Å². The summed E-state index contributed by atoms with van der Waals surface area (Å²) in [6, 6.07) is 8.92. The molecule has 0 bridgehead atoms. The van der Waals surface area contributed by atoms with Gasteiger partial charge in [0, 0.05) is 25.8 Å². The molecule has 6 heteroatoms. The summed E-state index contributed by atoms with van der Waals surface area (Å²) in [4.78, 5) is 17.8. The Labute approximate surface area is 123 Å². The number of rotatable bonds is 4. The van der Waals surface area contributed by atoms with Gasteiger partial charge in [-0.1, -0.05) is 6.07 Å². The van der Waals surface area contributed by atoms with Crippen molar-refractivity contribution in [2.45, 2.75) is 0 Å². The first kappa shape index (κ1) is 14.6. The average molecular weight is 287 g/mol. The number of carbonyl (C=O) groups excluding carboxylic acids is 1. The molecule has 110 valence electrons. The van der Waals surface area contributed by atoms with Crippen LogP contribution in [0, 0.1) is 0 Å². The number of carbonyl (C=O) groups is 1. The predicted molar refractivity (Wildman–Crippen MR) is 80.8 cm³/mol. The van der Waals surface area contributed by atoms with Crippen LogP contribution >= 0.6 is 0 Å². The fourth-order valence-electron chi connectivity index (χ4n) is 1.74. The van der Waals surface area contributed by atoms with Crippen LogP contribution in [0.4, 0.5) is 11.4 Å². The van der Waals surface area contributed by atoms with E-state index in [9.17, 15) is 4.79 Å². The highest BCUT2D eigenvalue weighted by atomic mass is 16.5. The first-order chi connectivity index (χ1) is 10.0. The fourth-order valence-corrected chi connectivity index (χ4v) is 1.74. The number of methoxy groups -OCH3 is 1. The maximum Gasteiger partial charge on any atom is 0.343 e. The van der Waals surface area contributed by atoms with Crippen molar-refractivity contribution in [1.29, 1.82) is 0 Å². The number of hydrogen-bond donors (Lipinski definition) is 1. The van der Waals surface area contributed by atoms with Crippen LogP contribution in [0.15, 0.2) is 36.5 Å². The number of nitrogens with two attached hydrogens (primary N) is 1. The zero-order chi connectivity index (χ0) is 15.4. The van der Waals surface area contributed by atoms with Crippen LogP contribution in [0.25, 0.3) is 0 Å². The first-order valence-electron chi connectivity index (χ1n) is 6.30. The molecule has 21 heavy (non-hydrogen) atoms. The highest BCUT2D eigenvalue weighted by molar-refractivity contribution is 5.92. The normalized spacial score (nSPS) is 10.0. The first-order valence-corrected chi connectivity index (χ1v) is 6.30. The number of pyridine rings is 1. The number of nitrogen functional groups attached to an aromatic ring is 1. The van der Waals surface area contributed by atoms with E-state index in [2.05, 4.69) is 4.98 Å². The molecular formula is C15H17N3O3. The monoisotopic (exact) mass is 287 g/mol. The number of anilines is 2. The van der Waals surface area contributed by atoms with Crippen molar-refractivity contribution in [1.82, 2.24) is 4.98 Å². The molecule has 0 saturated heterocycles. The summed E-state index contributed by atoms with van der Waals surface area (Å²) >= 11 is 0. The van der Waals surface area contributed by atoms with Crippen LogP contribution in [-0.4, -0.2) is 32.2 Å². The number of esters is 1. The minimum Gasteiger partial charge on any atom is -0.465 e. The number of nitrogens with zero attached hydrogens (tertiary/aromatic N) is 2. The molecule has 1 heterocycles. The van der Waals surface area contributed by atoms with Gasteiger partial charge in [0.05, 0.1) is 19.0 Å². The van der Waals surface area contributed by atoms with Gasteiger partial charge in [-0.15, -0.1) is 0 Å². The van der Waals surface area contributed by atoms with E-state index in [4.69, 9.17) is 15.2 Å². The Hall–Kier alpha value is -2.76. The molecule has 6 nitrogen and oxygen atoms in total. The molecule has 1 aromatic heterocycles. The third-order valence-corrected chi connectivity index (χ3v) is 2.83. The molecule has 0 spiro atoms. The Morgan fingerprint density at radius 3 is 2.71 bits per heavy atom. The van der Waals surface area contributed by atoms with Gasteiger partial charge in [0.2, 0.25) is 5.88 Å². The van der Waals surface area contributed by atoms with Crippen molar-refractivity contribution in [2.24, 2.45) is 0 Å². The van der Waals surface area contributed by atoms with E-state index in [1.807, 2.05) is 37.2 Å². The van der Waals surface area contributed by atoms with Crippen molar-refractivity contribution in [3.8, 4) is 11.6 Å². The molecule has 0 aliphatic rings. The molecule has 0 saturated carbocycles. The molecular weight excluding hydrogens is 270 g/mol. The summed E-state index contributed by atoms with van der Waals surface area (Å²) in [7, 11) is 5.16. The lowest BCUT2D eigenvalue weighted by Crippen LogP contribution is -2.09. The summed E-state index contributed by atoms with van der Waals surface area (Å²) in [6.45, 7) is 0. The molecule has 0 fully saturated rings. The van der Waals surface area contributed by atoms with Gasteiger partial charge in [-0.25, -0.2) is 9.78 Å². The SMILES string of the molecule is COC(=O)c1cc(N)cnc1Oc1cccc(N(C)C)c1. The Bertz CT molecular complexity index is 656. The quantitative estimate of drug-likeness (QED) is 0.869. The highest BCUT2D eigenvalue weighted by Crippen LogP contribution is 2.27. The van der Waals surface area contributed by atoms with Crippen molar-refractivity contribution in [2.75, 3.05) is 31.8 Å². The van der Waals surface area contributed by atoms with Crippen LogP contribution in [0.1, 0.15) is 10.4 Å². The lowest BCUT2D eigenvalue weighted by Gasteiger charge is -2.14. The summed E-state index contributed by atoms with van der Waals surface area (Å²) < 4.78 is 10.4. The highest BCUT2D eigenvalue weighted by Gasteiger charge is 2.16. The Kier molecular flexibility index (Phi) is 4.27. The lowest BCUT2D eigenvalue weighted by atomic mass is 10.2. The standard InChI is InChI=1S/C15H17N3O3/c1-18(2)11-5-4-6-12(8-11)21-14-13(15(19)20-3)7-10(16)9-17-14/h4-9H,16H2,1-3H3. The van der Waals surface area contributed by atoms with Crippen molar-refractivity contribution in [3.05, 3.63) is 42.1 Å². The minimum atomic E-state index is -0.548. The van der Waals surface area contributed by atoms with Crippen LogP contribution in [0.2, 0.25) is 0 Å². The van der Waals surface area contributed by atoms with E-state index in [1.54, 1.807) is 6.07 Å². The van der Waals surface area contributed by atoms with Gasteiger partial charge in [0.15, 0.2) is 0 Å². The van der Waals surface area contributed by atoms with E-state index in [-0.39, 0.29) is 11.4 Å². The van der Waals surface area contributed by atoms with Gasteiger partial charge in [0.25, 0.3) is 0 Å². The third-order valence-electron chi connectivity index (χ3n) is 2.83. The maximum atomic E-state index is 11.7. The van der Waals surface area contributed by atoms with Crippen molar-refractivity contribution < 1.29 is 14.3 Å². The van der Waals surface area contributed by atoms with Gasteiger partial charge in [0.1, 0.15) is 11.3 Å². The molecule has 2 N–H and O–H groups in total. The number of hydrogen-bond acceptors (Lipinski definition) is 6. The number of benzene rings is 1. The maximum absolute atomic E-state index is 11.7. The molecule has 0 aliphatic heterocycles. The second kappa shape index (κ2) is 6.13. The topological polar surface area (TPSA) is 77.7 Å². The van der Waals surface area contributed by atoms with Gasteiger partial charge in [-0.2, -0.15) is 0 Å². The summed E-state index contributed by atoms with van der Waals surface area (Å²) in [5.41, 5.74) is 7.17. The largest absolute Gasteiger partial charge is 0.465 e. The van der Waals surface area contributed by atoms with Crippen LogP contribution in [-0.2, 0) is 4.74 Å².